The molecular formula is C11H6BrN3O2S. The number of rotatable bonds is 2. The Labute approximate surface area is 114 Å². The van der Waals surface area contributed by atoms with Crippen LogP contribution in [0.1, 0.15) is 0 Å². The van der Waals surface area contributed by atoms with Gasteiger partial charge in [-0.05, 0) is 28.1 Å². The maximum Gasteiger partial charge on any atom is 0.269 e. The number of benzene rings is 1. The van der Waals surface area contributed by atoms with E-state index in [4.69, 9.17) is 0 Å². The maximum atomic E-state index is 10.6. The van der Waals surface area contributed by atoms with Crippen molar-refractivity contribution in [2.45, 2.75) is 0 Å². The summed E-state index contributed by atoms with van der Waals surface area (Å²) in [6.45, 7) is 0. The highest BCUT2D eigenvalue weighted by atomic mass is 79.9. The third-order valence-electron chi connectivity index (χ3n) is 2.56. The number of nitro groups is 1. The molecule has 0 atom stereocenters. The molecule has 0 saturated carbocycles. The van der Waals surface area contributed by atoms with Crippen molar-refractivity contribution in [3.05, 3.63) is 50.6 Å². The van der Waals surface area contributed by atoms with Crippen molar-refractivity contribution in [2.75, 3.05) is 0 Å². The van der Waals surface area contributed by atoms with Gasteiger partial charge in [0.25, 0.3) is 5.69 Å². The number of aromatic nitrogens is 2. The summed E-state index contributed by atoms with van der Waals surface area (Å²) >= 11 is 5.03. The van der Waals surface area contributed by atoms with Crippen LogP contribution in [0.2, 0.25) is 0 Å². The summed E-state index contributed by atoms with van der Waals surface area (Å²) in [5, 5.41) is 12.5. The first kappa shape index (κ1) is 11.4. The largest absolute Gasteiger partial charge is 0.284 e. The van der Waals surface area contributed by atoms with Crippen molar-refractivity contribution in [3.8, 4) is 11.3 Å². The molecule has 0 aliphatic rings. The van der Waals surface area contributed by atoms with Gasteiger partial charge >= 0.3 is 0 Å². The first-order valence-electron chi connectivity index (χ1n) is 5.02. The number of non-ortho nitro benzene ring substituents is 1. The first-order chi connectivity index (χ1) is 8.66. The third-order valence-corrected chi connectivity index (χ3v) is 4.07. The monoisotopic (exact) mass is 323 g/mol. The van der Waals surface area contributed by atoms with Crippen LogP contribution in [-0.4, -0.2) is 14.3 Å². The lowest BCUT2D eigenvalue weighted by molar-refractivity contribution is -0.384. The summed E-state index contributed by atoms with van der Waals surface area (Å²) in [6.07, 6.45) is 1.92. The van der Waals surface area contributed by atoms with E-state index in [1.54, 1.807) is 12.1 Å². The minimum Gasteiger partial charge on any atom is -0.284 e. The van der Waals surface area contributed by atoms with Crippen molar-refractivity contribution >= 4 is 37.9 Å². The van der Waals surface area contributed by atoms with E-state index in [2.05, 4.69) is 20.9 Å². The Kier molecular flexibility index (Phi) is 2.64. The van der Waals surface area contributed by atoms with Gasteiger partial charge in [0, 0.05) is 29.3 Å². The fourth-order valence-corrected chi connectivity index (χ4v) is 3.12. The molecule has 5 nitrogen and oxygen atoms in total. The van der Waals surface area contributed by atoms with Crippen molar-refractivity contribution in [1.29, 1.82) is 0 Å². The highest BCUT2D eigenvalue weighted by Crippen LogP contribution is 2.31. The average Bonchev–Trinajstić information content (AvgIpc) is 2.93. The van der Waals surface area contributed by atoms with E-state index in [-0.39, 0.29) is 5.69 Å². The Bertz CT molecular complexity index is 732. The second-order valence-electron chi connectivity index (χ2n) is 3.61. The molecule has 0 fully saturated rings. The lowest BCUT2D eigenvalue weighted by Gasteiger charge is -1.97. The Hall–Kier alpha value is -1.73. The van der Waals surface area contributed by atoms with E-state index in [0.29, 0.717) is 0 Å². The van der Waals surface area contributed by atoms with Gasteiger partial charge in [-0.15, -0.1) is 11.3 Å². The molecular weight excluding hydrogens is 318 g/mol. The van der Waals surface area contributed by atoms with Crippen LogP contribution in [0.5, 0.6) is 0 Å². The van der Waals surface area contributed by atoms with Crippen molar-refractivity contribution in [3.63, 3.8) is 0 Å². The molecule has 3 aromatic rings. The Morgan fingerprint density at radius 3 is 2.67 bits per heavy atom. The van der Waals surface area contributed by atoms with Crippen LogP contribution in [0, 0.1) is 10.1 Å². The molecule has 0 radical (unpaired) electrons. The Balaban J connectivity index is 2.11. The Morgan fingerprint density at radius 1 is 1.33 bits per heavy atom. The smallest absolute Gasteiger partial charge is 0.269 e. The predicted octanol–water partition coefficient (Wildman–Crippen LogP) is 3.73. The van der Waals surface area contributed by atoms with Crippen molar-refractivity contribution < 1.29 is 4.92 Å². The van der Waals surface area contributed by atoms with Gasteiger partial charge in [-0.2, -0.15) is 0 Å². The van der Waals surface area contributed by atoms with Gasteiger partial charge in [-0.3, -0.25) is 14.5 Å². The van der Waals surface area contributed by atoms with E-state index < -0.39 is 4.92 Å². The fourth-order valence-electron chi connectivity index (χ4n) is 1.68. The standard InChI is InChI=1S/C11H6BrN3O2S/c12-10-9(13-11-14(10)5-6-18-11)7-1-3-8(4-2-7)15(16)17/h1-6H. The lowest BCUT2D eigenvalue weighted by atomic mass is 10.1. The number of thiazole rings is 1. The second kappa shape index (κ2) is 4.18. The molecule has 0 bridgehead atoms. The number of nitrogens with zero attached hydrogens (tertiary/aromatic N) is 3. The molecule has 0 aliphatic carbocycles. The van der Waals surface area contributed by atoms with Gasteiger partial charge in [0.05, 0.1) is 4.92 Å². The number of nitro benzene ring substituents is 1. The first-order valence-corrected chi connectivity index (χ1v) is 6.70. The quantitative estimate of drug-likeness (QED) is 0.533. The van der Waals surface area contributed by atoms with Crippen molar-refractivity contribution in [1.82, 2.24) is 9.38 Å². The van der Waals surface area contributed by atoms with Gasteiger partial charge < -0.3 is 0 Å². The fraction of sp³-hybridized carbons (Fsp3) is 0. The highest BCUT2D eigenvalue weighted by Gasteiger charge is 2.13. The zero-order chi connectivity index (χ0) is 12.7. The number of halogens is 1. The van der Waals surface area contributed by atoms with E-state index in [9.17, 15) is 10.1 Å². The summed E-state index contributed by atoms with van der Waals surface area (Å²) in [5.74, 6) is 0. The van der Waals surface area contributed by atoms with Crippen molar-refractivity contribution in [2.24, 2.45) is 0 Å². The summed E-state index contributed by atoms with van der Waals surface area (Å²) < 4.78 is 2.79. The van der Waals surface area contributed by atoms with Crippen LogP contribution in [0.3, 0.4) is 0 Å². The molecule has 0 aliphatic heterocycles. The molecule has 90 valence electrons. The molecule has 2 aromatic heterocycles. The predicted molar refractivity (Wildman–Crippen MR) is 72.9 cm³/mol. The van der Waals surface area contributed by atoms with Gasteiger partial charge in [-0.25, -0.2) is 4.98 Å². The summed E-state index contributed by atoms with van der Waals surface area (Å²) in [7, 11) is 0. The molecule has 1 aromatic carbocycles. The zero-order valence-corrected chi connectivity index (χ0v) is 11.3. The summed E-state index contributed by atoms with van der Waals surface area (Å²) in [5.41, 5.74) is 1.72. The van der Waals surface area contributed by atoms with E-state index in [1.807, 2.05) is 16.0 Å². The van der Waals surface area contributed by atoms with Crippen LogP contribution in [0.15, 0.2) is 40.4 Å². The minimum absolute atomic E-state index is 0.0795. The Morgan fingerprint density at radius 2 is 2.06 bits per heavy atom. The van der Waals surface area contributed by atoms with Crippen LogP contribution in [0.4, 0.5) is 5.69 Å². The number of hydrogen-bond acceptors (Lipinski definition) is 4. The maximum absolute atomic E-state index is 10.6. The van der Waals surface area contributed by atoms with Crippen LogP contribution >= 0.6 is 27.3 Å². The molecule has 0 saturated heterocycles. The van der Waals surface area contributed by atoms with Crippen LogP contribution in [0.25, 0.3) is 16.2 Å². The molecule has 0 amide bonds. The topological polar surface area (TPSA) is 60.4 Å². The molecule has 3 rings (SSSR count). The summed E-state index contributed by atoms with van der Waals surface area (Å²) in [6, 6.07) is 6.37. The highest BCUT2D eigenvalue weighted by molar-refractivity contribution is 9.10. The van der Waals surface area contributed by atoms with Gasteiger partial charge in [-0.1, -0.05) is 0 Å². The lowest BCUT2D eigenvalue weighted by Crippen LogP contribution is -1.87. The van der Waals surface area contributed by atoms with Gasteiger partial charge in [0.15, 0.2) is 4.96 Å². The number of imidazole rings is 1. The number of hydrogen-bond donors (Lipinski definition) is 0. The van der Waals surface area contributed by atoms with E-state index in [0.717, 1.165) is 20.8 Å². The average molecular weight is 324 g/mol. The van der Waals surface area contributed by atoms with E-state index >= 15 is 0 Å². The zero-order valence-electron chi connectivity index (χ0n) is 8.91. The SMILES string of the molecule is O=[N+]([O-])c1ccc(-c2nc3sccn3c2Br)cc1. The summed E-state index contributed by atoms with van der Waals surface area (Å²) in [4.78, 5) is 15.5. The molecule has 18 heavy (non-hydrogen) atoms. The number of fused-ring (bicyclic) bond motifs is 1. The third kappa shape index (κ3) is 1.72. The molecule has 2 heterocycles. The van der Waals surface area contributed by atoms with Gasteiger partial charge in [0.2, 0.25) is 0 Å². The second-order valence-corrected chi connectivity index (χ2v) is 5.23. The van der Waals surface area contributed by atoms with Crippen LogP contribution in [-0.2, 0) is 0 Å². The molecule has 0 spiro atoms. The molecule has 7 heteroatoms. The molecule has 0 unspecified atom stereocenters. The van der Waals surface area contributed by atoms with Crippen LogP contribution < -0.4 is 0 Å². The van der Waals surface area contributed by atoms with Gasteiger partial charge in [0.1, 0.15) is 10.3 Å². The van der Waals surface area contributed by atoms with E-state index in [1.165, 1.54) is 23.5 Å². The molecule has 0 N–H and O–H groups in total. The normalized spacial score (nSPS) is 10.9. The minimum atomic E-state index is -0.412.